The summed E-state index contributed by atoms with van der Waals surface area (Å²) in [6, 6.07) is 7.92. The summed E-state index contributed by atoms with van der Waals surface area (Å²) in [5, 5.41) is 19.9. The summed E-state index contributed by atoms with van der Waals surface area (Å²) in [5.74, 6) is 0.948. The van der Waals surface area contributed by atoms with Gasteiger partial charge in [-0.1, -0.05) is 13.8 Å². The third-order valence-electron chi connectivity index (χ3n) is 13.7. The number of allylic oxidation sites excluding steroid dienone is 4. The number of nitrogens with zero attached hydrogens (tertiary/aromatic N) is 6. The first-order chi connectivity index (χ1) is 37.8. The summed E-state index contributed by atoms with van der Waals surface area (Å²) in [5.41, 5.74) is 12.7. The van der Waals surface area contributed by atoms with Gasteiger partial charge in [-0.3, -0.25) is 19.8 Å². The molecule has 6 rings (SSSR count). The van der Waals surface area contributed by atoms with Gasteiger partial charge in [0.05, 0.1) is 144 Å². The van der Waals surface area contributed by atoms with Gasteiger partial charge in [0.15, 0.2) is 11.5 Å². The first kappa shape index (κ1) is 61.5. The summed E-state index contributed by atoms with van der Waals surface area (Å²) in [6.07, 6.45) is 7.76. The number of hydrogen-bond donors (Lipinski definition) is 3. The van der Waals surface area contributed by atoms with Crippen molar-refractivity contribution in [2.45, 2.75) is 66.2 Å². The van der Waals surface area contributed by atoms with Crippen molar-refractivity contribution in [2.24, 2.45) is 0 Å². The smallest absolute Gasteiger partial charge is 0.163 e. The molecule has 426 valence electrons. The third kappa shape index (κ3) is 19.5. The Balaban J connectivity index is 1.20. The van der Waals surface area contributed by atoms with Gasteiger partial charge < -0.3 is 62.6 Å². The van der Waals surface area contributed by atoms with E-state index >= 15 is 0 Å². The Bertz CT molecular complexity index is 2510. The van der Waals surface area contributed by atoms with Gasteiger partial charge in [-0.2, -0.15) is 0 Å². The van der Waals surface area contributed by atoms with Crippen molar-refractivity contribution in [3.05, 3.63) is 70.6 Å². The van der Waals surface area contributed by atoms with Crippen molar-refractivity contribution >= 4 is 44.4 Å². The van der Waals surface area contributed by atoms with Crippen LogP contribution in [0.3, 0.4) is 0 Å². The number of aromatic nitrogens is 5. The number of fused-ring (bicyclic) bond motifs is 7. The second kappa shape index (κ2) is 35.0. The van der Waals surface area contributed by atoms with Gasteiger partial charge in [-0.25, -0.2) is 9.97 Å². The highest BCUT2D eigenvalue weighted by atomic mass is 16.6. The molecule has 3 aliphatic heterocycles. The van der Waals surface area contributed by atoms with Gasteiger partial charge in [0.1, 0.15) is 13.2 Å². The molecule has 0 radical (unpaired) electrons. The second-order valence-electron chi connectivity index (χ2n) is 18.9. The highest BCUT2D eigenvalue weighted by Gasteiger charge is 2.22. The second-order valence-corrected chi connectivity index (χ2v) is 18.9. The van der Waals surface area contributed by atoms with Crippen molar-refractivity contribution in [1.82, 2.24) is 34.7 Å². The van der Waals surface area contributed by atoms with Crippen LogP contribution in [-0.4, -0.2) is 217 Å². The van der Waals surface area contributed by atoms with Gasteiger partial charge in [-0.15, -0.1) is 0 Å². The lowest BCUT2D eigenvalue weighted by molar-refractivity contribution is 0.0108. The van der Waals surface area contributed by atoms with E-state index in [2.05, 4.69) is 54.6 Å². The molecular formula is C58H87N7O12. The lowest BCUT2D eigenvalue weighted by Gasteiger charge is -2.34. The number of nitrogens with one attached hydrogen (secondary N) is 1. The van der Waals surface area contributed by atoms with Crippen molar-refractivity contribution in [3.63, 3.8) is 0 Å². The van der Waals surface area contributed by atoms with Gasteiger partial charge >= 0.3 is 0 Å². The van der Waals surface area contributed by atoms with Crippen LogP contribution in [0.15, 0.2) is 36.7 Å². The molecule has 0 aliphatic carbocycles. The van der Waals surface area contributed by atoms with Gasteiger partial charge in [0.25, 0.3) is 0 Å². The fraction of sp³-hybridized carbons (Fsp3) is 0.621. The predicted octanol–water partition coefficient (Wildman–Crippen LogP) is 6.77. The van der Waals surface area contributed by atoms with Crippen molar-refractivity contribution in [1.29, 1.82) is 0 Å². The summed E-state index contributed by atoms with van der Waals surface area (Å²) in [7, 11) is 3.31. The fourth-order valence-corrected chi connectivity index (χ4v) is 9.35. The molecule has 77 heavy (non-hydrogen) atoms. The third-order valence-corrected chi connectivity index (χ3v) is 13.7. The van der Waals surface area contributed by atoms with Crippen LogP contribution < -0.4 is 9.47 Å². The number of ether oxygens (including phenoxy) is 10. The van der Waals surface area contributed by atoms with Crippen LogP contribution in [0.25, 0.3) is 44.4 Å². The predicted molar refractivity (Wildman–Crippen MR) is 300 cm³/mol. The number of rotatable bonds is 37. The van der Waals surface area contributed by atoms with Crippen LogP contribution >= 0.6 is 0 Å². The molecule has 0 spiro atoms. The zero-order valence-electron chi connectivity index (χ0n) is 46.8. The van der Waals surface area contributed by atoms with Gasteiger partial charge in [0, 0.05) is 84.4 Å². The number of aromatic amines is 1. The minimum absolute atomic E-state index is 0.0647. The molecule has 1 aromatic carbocycles. The number of piperazine rings is 1. The molecule has 2 aromatic heterocycles. The molecule has 0 amide bonds. The summed E-state index contributed by atoms with van der Waals surface area (Å²) < 4.78 is 57.4. The molecule has 3 aliphatic rings. The molecule has 1 saturated heterocycles. The Morgan fingerprint density at radius 2 is 0.935 bits per heavy atom. The quantitative estimate of drug-likeness (QED) is 0.0509. The largest absolute Gasteiger partial charge is 0.487 e. The standard InChI is InChI=1S/C58H87N7O12/c1-7-45-46(8-2)50-38-52-48(12-10-20-67)44(4)56(63-52)42-60-54-40-58(77-36-34-75-32-31-73-26-24-69-6)57(39-53(54)59-41-55-43(3)47(11-9-19-66)51(62-55)37-49(45)61-50)76-35-33-74-30-28-71-22-18-65-15-13-64(14-16-65)17-21-70-27-29-72-25-23-68-5/h37-42,62,66-67H,7-36H2,1-6H3. The van der Waals surface area contributed by atoms with E-state index in [1.165, 1.54) is 11.1 Å². The Labute approximate surface area is 455 Å². The van der Waals surface area contributed by atoms with E-state index in [9.17, 15) is 10.2 Å². The number of H-pyrrole nitrogens is 1. The van der Waals surface area contributed by atoms with Crippen molar-refractivity contribution in [2.75, 3.05) is 172 Å². The molecule has 5 heterocycles. The topological polar surface area (TPSA) is 207 Å². The zero-order valence-corrected chi connectivity index (χ0v) is 46.8. The van der Waals surface area contributed by atoms with E-state index in [-0.39, 0.29) is 26.4 Å². The van der Waals surface area contributed by atoms with Gasteiger partial charge in [-0.05, 0) is 97.9 Å². The minimum Gasteiger partial charge on any atom is -0.487 e. The first-order valence-corrected chi connectivity index (χ1v) is 27.7. The van der Waals surface area contributed by atoms with E-state index in [4.69, 9.17) is 67.3 Å². The number of aliphatic hydroxyl groups is 2. The number of methoxy groups -OCH3 is 2. The Kier molecular flexibility index (Phi) is 27.9. The lowest BCUT2D eigenvalue weighted by Crippen LogP contribution is -2.48. The summed E-state index contributed by atoms with van der Waals surface area (Å²) >= 11 is 0. The molecule has 0 unspecified atom stereocenters. The maximum atomic E-state index is 9.94. The van der Waals surface area contributed by atoms with Crippen LogP contribution in [0.2, 0.25) is 0 Å². The molecular weight excluding hydrogens is 987 g/mol. The van der Waals surface area contributed by atoms with Crippen LogP contribution in [-0.2, 0) is 44.3 Å². The highest BCUT2D eigenvalue weighted by molar-refractivity contribution is 5.95. The van der Waals surface area contributed by atoms with Crippen molar-refractivity contribution in [3.8, 4) is 11.5 Å². The normalized spacial score (nSPS) is 14.3. The minimum atomic E-state index is 0.0647. The maximum absolute atomic E-state index is 9.94. The first-order valence-electron chi connectivity index (χ1n) is 27.7. The van der Waals surface area contributed by atoms with Crippen LogP contribution in [0, 0.1) is 6.92 Å². The van der Waals surface area contributed by atoms with E-state index < -0.39 is 0 Å². The highest BCUT2D eigenvalue weighted by Crippen LogP contribution is 2.38. The Hall–Kier alpha value is -4.74. The average Bonchev–Trinajstić information content (AvgIpc) is 4.05. The number of aryl methyl sites for hydroxylation is 2. The molecule has 3 N–H and O–H groups in total. The molecule has 1 fully saturated rings. The molecule has 19 heteroatoms. The Morgan fingerprint density at radius 1 is 0.494 bits per heavy atom. The number of hydrogen-bond acceptors (Lipinski definition) is 18. The molecule has 19 nitrogen and oxygen atoms in total. The molecule has 0 atom stereocenters. The maximum Gasteiger partial charge on any atom is 0.163 e. The SMILES string of the molecule is CCC1=C(CC)c2cc3[nH]c(cnc4cc(OCCOCCOCCN5CCN(CCOCCOCCOC)CC5)c(OCCOCCOCCOC)cc4ncc4nc(cc1n2)C(CCCO)=C4C)c(C)c3CCCO. The van der Waals surface area contributed by atoms with Crippen LogP contribution in [0.1, 0.15) is 86.8 Å². The fourth-order valence-electron chi connectivity index (χ4n) is 9.35. The van der Waals surface area contributed by atoms with E-state index in [0.717, 1.165) is 102 Å². The Morgan fingerprint density at radius 3 is 1.44 bits per heavy atom. The molecule has 3 aromatic rings. The number of benzene rings is 1. The monoisotopic (exact) mass is 1070 g/mol. The molecule has 0 saturated carbocycles. The van der Waals surface area contributed by atoms with Crippen LogP contribution in [0.4, 0.5) is 0 Å². The van der Waals surface area contributed by atoms with Gasteiger partial charge in [0.2, 0.25) is 0 Å². The van der Waals surface area contributed by atoms with E-state index in [1.54, 1.807) is 20.4 Å². The molecule has 6 bridgehead atoms. The summed E-state index contributed by atoms with van der Waals surface area (Å²) in [6.45, 7) is 22.1. The summed E-state index contributed by atoms with van der Waals surface area (Å²) in [4.78, 5) is 29.1. The average molecular weight is 1070 g/mol. The lowest BCUT2D eigenvalue weighted by atomic mass is 9.98. The zero-order chi connectivity index (χ0) is 54.5. The number of aliphatic hydroxyl groups excluding tert-OH is 2. The van der Waals surface area contributed by atoms with E-state index in [1.807, 2.05) is 18.3 Å². The van der Waals surface area contributed by atoms with E-state index in [0.29, 0.717) is 146 Å². The van der Waals surface area contributed by atoms with Crippen molar-refractivity contribution < 1.29 is 57.6 Å². The van der Waals surface area contributed by atoms with Crippen LogP contribution in [0.5, 0.6) is 11.5 Å².